The summed E-state index contributed by atoms with van der Waals surface area (Å²) in [6.45, 7) is 4.49. The highest BCUT2D eigenvalue weighted by Gasteiger charge is 2.43. The Labute approximate surface area is 134 Å². The molecule has 2 rings (SSSR count). The summed E-state index contributed by atoms with van der Waals surface area (Å²) in [5.74, 6) is -0.278. The molecule has 0 bridgehead atoms. The fourth-order valence-electron chi connectivity index (χ4n) is 3.12. The lowest BCUT2D eigenvalue weighted by Crippen LogP contribution is -2.49. The Morgan fingerprint density at radius 1 is 1.29 bits per heavy atom. The SMILES string of the molecule is COC1(C(O)Cc2cc(Br)ccc2F)CCC(C)(C)CC1. The van der Waals surface area contributed by atoms with Crippen molar-refractivity contribution in [2.75, 3.05) is 7.11 Å². The highest BCUT2D eigenvalue weighted by Crippen LogP contribution is 2.44. The summed E-state index contributed by atoms with van der Waals surface area (Å²) in [4.78, 5) is 0. The predicted molar refractivity (Wildman–Crippen MR) is 85.8 cm³/mol. The number of rotatable bonds is 4. The van der Waals surface area contributed by atoms with Crippen LogP contribution in [0, 0.1) is 11.2 Å². The zero-order valence-electron chi connectivity index (χ0n) is 13.0. The molecule has 0 saturated heterocycles. The number of aliphatic hydroxyl groups is 1. The Bertz CT molecular complexity index is 492. The summed E-state index contributed by atoms with van der Waals surface area (Å²) < 4.78 is 20.4. The van der Waals surface area contributed by atoms with Crippen LogP contribution in [0.3, 0.4) is 0 Å². The Morgan fingerprint density at radius 3 is 2.48 bits per heavy atom. The van der Waals surface area contributed by atoms with Crippen LogP contribution in [-0.4, -0.2) is 23.9 Å². The van der Waals surface area contributed by atoms with Gasteiger partial charge in [-0.05, 0) is 54.9 Å². The fraction of sp³-hybridized carbons (Fsp3) is 0.647. The molecular formula is C17H24BrFO2. The Kier molecular flexibility index (Phi) is 5.11. The molecule has 0 radical (unpaired) electrons. The molecule has 1 aromatic rings. The van der Waals surface area contributed by atoms with Gasteiger partial charge in [-0.3, -0.25) is 0 Å². The van der Waals surface area contributed by atoms with Crippen LogP contribution in [0.2, 0.25) is 0 Å². The van der Waals surface area contributed by atoms with Gasteiger partial charge in [-0.25, -0.2) is 4.39 Å². The van der Waals surface area contributed by atoms with Gasteiger partial charge in [0, 0.05) is 18.0 Å². The second-order valence-corrected chi connectivity index (χ2v) is 7.80. The van der Waals surface area contributed by atoms with Crippen molar-refractivity contribution < 1.29 is 14.2 Å². The van der Waals surface area contributed by atoms with E-state index < -0.39 is 11.7 Å². The molecule has 0 aliphatic heterocycles. The molecule has 0 amide bonds. The Morgan fingerprint density at radius 2 is 1.90 bits per heavy atom. The number of methoxy groups -OCH3 is 1. The normalized spacial score (nSPS) is 22.0. The smallest absolute Gasteiger partial charge is 0.126 e. The maximum atomic E-state index is 13.9. The largest absolute Gasteiger partial charge is 0.390 e. The molecule has 2 nitrogen and oxygen atoms in total. The maximum absolute atomic E-state index is 13.9. The van der Waals surface area contributed by atoms with E-state index in [2.05, 4.69) is 29.8 Å². The zero-order chi connectivity index (χ0) is 15.7. The van der Waals surface area contributed by atoms with Crippen LogP contribution >= 0.6 is 15.9 Å². The van der Waals surface area contributed by atoms with E-state index in [-0.39, 0.29) is 12.2 Å². The van der Waals surface area contributed by atoms with E-state index in [0.29, 0.717) is 11.0 Å². The minimum Gasteiger partial charge on any atom is -0.390 e. The quantitative estimate of drug-likeness (QED) is 0.859. The number of benzene rings is 1. The first-order valence-corrected chi connectivity index (χ1v) is 8.24. The van der Waals surface area contributed by atoms with Gasteiger partial charge < -0.3 is 9.84 Å². The first kappa shape index (κ1) is 16.9. The molecule has 1 N–H and O–H groups in total. The second kappa shape index (κ2) is 6.35. The number of hydrogen-bond acceptors (Lipinski definition) is 2. The molecule has 21 heavy (non-hydrogen) atoms. The summed E-state index contributed by atoms with van der Waals surface area (Å²) in [7, 11) is 1.65. The maximum Gasteiger partial charge on any atom is 0.126 e. The van der Waals surface area contributed by atoms with E-state index in [0.717, 1.165) is 30.2 Å². The minimum atomic E-state index is -0.692. The highest BCUT2D eigenvalue weighted by atomic mass is 79.9. The third-order valence-electron chi connectivity index (χ3n) is 4.88. The summed E-state index contributed by atoms with van der Waals surface area (Å²) in [5.41, 5.74) is 0.269. The van der Waals surface area contributed by atoms with Crippen LogP contribution in [0.1, 0.15) is 45.1 Å². The molecule has 0 aromatic heterocycles. The molecule has 0 heterocycles. The van der Waals surface area contributed by atoms with Crippen LogP contribution in [0.15, 0.2) is 22.7 Å². The van der Waals surface area contributed by atoms with E-state index in [1.165, 1.54) is 6.07 Å². The lowest BCUT2D eigenvalue weighted by molar-refractivity contribution is -0.135. The fourth-order valence-corrected chi connectivity index (χ4v) is 3.53. The monoisotopic (exact) mass is 358 g/mol. The van der Waals surface area contributed by atoms with Gasteiger partial charge in [0.05, 0.1) is 11.7 Å². The Hall–Kier alpha value is -0.450. The van der Waals surface area contributed by atoms with Crippen molar-refractivity contribution in [2.45, 2.75) is 57.7 Å². The molecule has 4 heteroatoms. The van der Waals surface area contributed by atoms with Crippen molar-refractivity contribution >= 4 is 15.9 Å². The lowest BCUT2D eigenvalue weighted by Gasteiger charge is -2.45. The summed E-state index contributed by atoms with van der Waals surface area (Å²) in [6, 6.07) is 4.82. The zero-order valence-corrected chi connectivity index (χ0v) is 14.5. The molecule has 1 aliphatic rings. The van der Waals surface area contributed by atoms with Crippen LogP contribution in [0.4, 0.5) is 4.39 Å². The molecule has 1 atom stereocenters. The van der Waals surface area contributed by atoms with Gasteiger partial charge in [-0.2, -0.15) is 0 Å². The molecule has 1 fully saturated rings. The third kappa shape index (κ3) is 3.85. The van der Waals surface area contributed by atoms with Crippen molar-refractivity contribution in [2.24, 2.45) is 5.41 Å². The van der Waals surface area contributed by atoms with E-state index >= 15 is 0 Å². The van der Waals surface area contributed by atoms with Crippen LogP contribution in [-0.2, 0) is 11.2 Å². The van der Waals surface area contributed by atoms with Gasteiger partial charge in [-0.15, -0.1) is 0 Å². The van der Waals surface area contributed by atoms with Crippen LogP contribution in [0.5, 0.6) is 0 Å². The van der Waals surface area contributed by atoms with Gasteiger partial charge in [0.1, 0.15) is 5.82 Å². The van der Waals surface area contributed by atoms with Gasteiger partial charge in [-0.1, -0.05) is 29.8 Å². The molecular weight excluding hydrogens is 335 g/mol. The number of ether oxygens (including phenoxy) is 1. The molecule has 118 valence electrons. The topological polar surface area (TPSA) is 29.5 Å². The van der Waals surface area contributed by atoms with E-state index in [1.54, 1.807) is 19.2 Å². The molecule has 1 aliphatic carbocycles. The van der Waals surface area contributed by atoms with Crippen LogP contribution < -0.4 is 0 Å². The van der Waals surface area contributed by atoms with Gasteiger partial charge in [0.25, 0.3) is 0 Å². The van der Waals surface area contributed by atoms with Crippen molar-refractivity contribution in [1.82, 2.24) is 0 Å². The van der Waals surface area contributed by atoms with E-state index in [9.17, 15) is 9.50 Å². The average molecular weight is 359 g/mol. The molecule has 0 spiro atoms. The summed E-state index contributed by atoms with van der Waals surface area (Å²) >= 11 is 3.35. The Balaban J connectivity index is 2.14. The van der Waals surface area contributed by atoms with Crippen molar-refractivity contribution in [3.8, 4) is 0 Å². The molecule has 1 saturated carbocycles. The number of hydrogen-bond donors (Lipinski definition) is 1. The van der Waals surface area contributed by atoms with E-state index in [4.69, 9.17) is 4.74 Å². The molecule has 1 unspecified atom stereocenters. The third-order valence-corrected chi connectivity index (χ3v) is 5.38. The van der Waals surface area contributed by atoms with Gasteiger partial charge >= 0.3 is 0 Å². The standard InChI is InChI=1S/C17H24BrFO2/c1-16(2)6-8-17(21-3,9-7-16)15(20)11-12-10-13(18)4-5-14(12)19/h4-5,10,15,20H,6-9,11H2,1-3H3. The number of aliphatic hydroxyl groups excluding tert-OH is 1. The lowest BCUT2D eigenvalue weighted by atomic mass is 9.68. The summed E-state index contributed by atoms with van der Waals surface area (Å²) in [5, 5.41) is 10.7. The number of halogens is 2. The van der Waals surface area contributed by atoms with Crippen LogP contribution in [0.25, 0.3) is 0 Å². The van der Waals surface area contributed by atoms with Crippen molar-refractivity contribution in [3.63, 3.8) is 0 Å². The van der Waals surface area contributed by atoms with Crippen molar-refractivity contribution in [3.05, 3.63) is 34.1 Å². The van der Waals surface area contributed by atoms with Gasteiger partial charge in [0.15, 0.2) is 0 Å². The van der Waals surface area contributed by atoms with Crippen molar-refractivity contribution in [1.29, 1.82) is 0 Å². The predicted octanol–water partition coefficient (Wildman–Crippen LogP) is 4.48. The summed E-state index contributed by atoms with van der Waals surface area (Å²) in [6.07, 6.45) is 3.24. The van der Waals surface area contributed by atoms with E-state index in [1.807, 2.05) is 0 Å². The first-order chi connectivity index (χ1) is 9.78. The first-order valence-electron chi connectivity index (χ1n) is 7.45. The minimum absolute atomic E-state index is 0.277. The molecule has 1 aromatic carbocycles. The highest BCUT2D eigenvalue weighted by molar-refractivity contribution is 9.10. The van der Waals surface area contributed by atoms with Gasteiger partial charge in [0.2, 0.25) is 0 Å². The second-order valence-electron chi connectivity index (χ2n) is 6.89. The average Bonchev–Trinajstić information content (AvgIpc) is 2.43.